The zero-order chi connectivity index (χ0) is 13.4. The fraction of sp³-hybridized carbons (Fsp3) is 0.938. The van der Waals surface area contributed by atoms with Crippen molar-refractivity contribution < 1.29 is 4.79 Å². The molecule has 3 nitrogen and oxygen atoms in total. The molecule has 1 N–H and O–H groups in total. The molecule has 2 heterocycles. The monoisotopic (exact) mass is 300 g/mol. The molecule has 1 saturated carbocycles. The second kappa shape index (κ2) is 6.65. The van der Waals surface area contributed by atoms with E-state index in [1.165, 1.54) is 38.5 Å². The van der Waals surface area contributed by atoms with Crippen molar-refractivity contribution in [3.63, 3.8) is 0 Å². The number of rotatable bonds is 5. The summed E-state index contributed by atoms with van der Waals surface area (Å²) in [6.45, 7) is 5.39. The van der Waals surface area contributed by atoms with Crippen LogP contribution in [0.3, 0.4) is 0 Å². The molecular weight excluding hydrogens is 272 g/mol. The second-order valence-corrected chi connectivity index (χ2v) is 7.35. The number of carbonyl (C=O) groups excluding carboxylic acids is 1. The van der Waals surface area contributed by atoms with E-state index in [9.17, 15) is 4.79 Å². The van der Waals surface area contributed by atoms with E-state index in [4.69, 9.17) is 0 Å². The van der Waals surface area contributed by atoms with Gasteiger partial charge in [0.25, 0.3) is 0 Å². The van der Waals surface area contributed by atoms with Crippen LogP contribution in [0.25, 0.3) is 0 Å². The minimum Gasteiger partial charge on any atom is -0.339 e. The van der Waals surface area contributed by atoms with Gasteiger partial charge < -0.3 is 10.2 Å². The van der Waals surface area contributed by atoms with Crippen molar-refractivity contribution in [2.75, 3.05) is 6.54 Å². The highest BCUT2D eigenvalue weighted by Crippen LogP contribution is 2.34. The molecular formula is C16H29ClN2O. The maximum atomic E-state index is 12.6. The van der Waals surface area contributed by atoms with Crippen LogP contribution < -0.4 is 5.32 Å². The van der Waals surface area contributed by atoms with Gasteiger partial charge in [-0.15, -0.1) is 12.4 Å². The van der Waals surface area contributed by atoms with Crippen molar-refractivity contribution in [1.82, 2.24) is 10.2 Å². The highest BCUT2D eigenvalue weighted by molar-refractivity contribution is 5.85. The van der Waals surface area contributed by atoms with Gasteiger partial charge in [0.15, 0.2) is 0 Å². The molecule has 2 bridgehead atoms. The largest absolute Gasteiger partial charge is 0.339 e. The molecule has 2 atom stereocenters. The van der Waals surface area contributed by atoms with Gasteiger partial charge in [0.05, 0.1) is 0 Å². The average Bonchev–Trinajstić information content (AvgIpc) is 3.12. The summed E-state index contributed by atoms with van der Waals surface area (Å²) in [5, 5.41) is 3.67. The molecule has 0 aromatic heterocycles. The van der Waals surface area contributed by atoms with Crippen LogP contribution in [0.5, 0.6) is 0 Å². The Bertz CT molecular complexity index is 331. The number of amides is 1. The zero-order valence-corrected chi connectivity index (χ0v) is 13.6. The van der Waals surface area contributed by atoms with Gasteiger partial charge in [-0.25, -0.2) is 0 Å². The van der Waals surface area contributed by atoms with E-state index < -0.39 is 0 Å². The maximum absolute atomic E-state index is 12.6. The Morgan fingerprint density at radius 1 is 1.15 bits per heavy atom. The fourth-order valence-electron chi connectivity index (χ4n) is 3.94. The summed E-state index contributed by atoms with van der Waals surface area (Å²) in [5.74, 6) is 1.66. The van der Waals surface area contributed by atoms with E-state index in [0.29, 0.717) is 35.9 Å². The van der Waals surface area contributed by atoms with Crippen LogP contribution in [0.4, 0.5) is 0 Å². The standard InChI is InChI=1S/C16H28N2O.ClH/c1-11(2)10-18(15-5-6-15)16(19)9-12-7-13-3-4-14(8-12)17-13;/h11-15,17H,3-10H2,1-2H3;1H. The molecule has 0 aromatic carbocycles. The third kappa shape index (κ3) is 3.88. The minimum atomic E-state index is 0. The number of nitrogens with zero attached hydrogens (tertiary/aromatic N) is 1. The Balaban J connectivity index is 0.00000147. The Morgan fingerprint density at radius 3 is 2.25 bits per heavy atom. The zero-order valence-electron chi connectivity index (χ0n) is 12.8. The van der Waals surface area contributed by atoms with Gasteiger partial charge in [-0.1, -0.05) is 13.8 Å². The van der Waals surface area contributed by atoms with Crippen LogP contribution in [0.2, 0.25) is 0 Å². The first-order chi connectivity index (χ1) is 9.11. The molecule has 2 unspecified atom stereocenters. The van der Waals surface area contributed by atoms with E-state index in [1.54, 1.807) is 0 Å². The molecule has 3 fully saturated rings. The normalized spacial score (nSPS) is 32.0. The van der Waals surface area contributed by atoms with Crippen LogP contribution in [0.1, 0.15) is 58.8 Å². The Kier molecular flexibility index (Phi) is 5.36. The fourth-order valence-corrected chi connectivity index (χ4v) is 3.94. The smallest absolute Gasteiger partial charge is 0.223 e. The van der Waals surface area contributed by atoms with Gasteiger partial charge in [-0.05, 0) is 50.4 Å². The highest BCUT2D eigenvalue weighted by Gasteiger charge is 2.37. The van der Waals surface area contributed by atoms with Crippen molar-refractivity contribution >= 4 is 18.3 Å². The summed E-state index contributed by atoms with van der Waals surface area (Å²) in [6, 6.07) is 1.99. The molecule has 1 amide bonds. The van der Waals surface area contributed by atoms with Gasteiger partial charge in [0.2, 0.25) is 5.91 Å². The van der Waals surface area contributed by atoms with Gasteiger partial charge >= 0.3 is 0 Å². The summed E-state index contributed by atoms with van der Waals surface area (Å²) in [5.41, 5.74) is 0. The number of carbonyl (C=O) groups is 1. The minimum absolute atomic E-state index is 0. The van der Waals surface area contributed by atoms with Crippen molar-refractivity contribution in [2.45, 2.75) is 76.9 Å². The number of halogens is 1. The number of hydrogen-bond acceptors (Lipinski definition) is 2. The van der Waals surface area contributed by atoms with Crippen LogP contribution in [-0.2, 0) is 4.79 Å². The van der Waals surface area contributed by atoms with Crippen LogP contribution >= 0.6 is 12.4 Å². The lowest BCUT2D eigenvalue weighted by molar-refractivity contribution is -0.133. The van der Waals surface area contributed by atoms with Gasteiger partial charge in [-0.2, -0.15) is 0 Å². The van der Waals surface area contributed by atoms with Crippen molar-refractivity contribution in [1.29, 1.82) is 0 Å². The topological polar surface area (TPSA) is 32.3 Å². The van der Waals surface area contributed by atoms with Gasteiger partial charge in [-0.3, -0.25) is 4.79 Å². The molecule has 2 saturated heterocycles. The summed E-state index contributed by atoms with van der Waals surface area (Å²) in [7, 11) is 0. The van der Waals surface area contributed by atoms with Crippen LogP contribution in [0.15, 0.2) is 0 Å². The number of nitrogens with one attached hydrogen (secondary N) is 1. The Morgan fingerprint density at radius 2 is 1.75 bits per heavy atom. The first kappa shape index (κ1) is 16.1. The van der Waals surface area contributed by atoms with Crippen molar-refractivity contribution in [2.24, 2.45) is 11.8 Å². The Hall–Kier alpha value is -0.280. The maximum Gasteiger partial charge on any atom is 0.223 e. The molecule has 4 heteroatoms. The average molecular weight is 301 g/mol. The van der Waals surface area contributed by atoms with Crippen LogP contribution in [0, 0.1) is 11.8 Å². The van der Waals surface area contributed by atoms with E-state index in [-0.39, 0.29) is 12.4 Å². The van der Waals surface area contributed by atoms with E-state index in [0.717, 1.165) is 13.0 Å². The molecule has 3 aliphatic rings. The number of fused-ring (bicyclic) bond motifs is 2. The van der Waals surface area contributed by atoms with E-state index in [1.807, 2.05) is 0 Å². The van der Waals surface area contributed by atoms with E-state index in [2.05, 4.69) is 24.1 Å². The molecule has 0 radical (unpaired) electrons. The molecule has 1 aliphatic carbocycles. The third-order valence-corrected chi connectivity index (χ3v) is 4.90. The van der Waals surface area contributed by atoms with Gasteiger partial charge in [0, 0.05) is 31.1 Å². The SMILES string of the molecule is CC(C)CN(C(=O)CC1CC2CCC(C1)N2)C1CC1.Cl. The Labute approximate surface area is 129 Å². The summed E-state index contributed by atoms with van der Waals surface area (Å²) in [6.07, 6.45) is 8.37. The van der Waals surface area contributed by atoms with Crippen molar-refractivity contribution in [3.8, 4) is 0 Å². The quantitative estimate of drug-likeness (QED) is 0.846. The highest BCUT2D eigenvalue weighted by atomic mass is 35.5. The van der Waals surface area contributed by atoms with Crippen LogP contribution in [-0.4, -0.2) is 35.5 Å². The lowest BCUT2D eigenvalue weighted by Gasteiger charge is -2.31. The molecule has 20 heavy (non-hydrogen) atoms. The summed E-state index contributed by atoms with van der Waals surface area (Å²) in [4.78, 5) is 14.8. The first-order valence-corrected chi connectivity index (χ1v) is 8.17. The van der Waals surface area contributed by atoms with Crippen molar-refractivity contribution in [3.05, 3.63) is 0 Å². The first-order valence-electron chi connectivity index (χ1n) is 8.17. The molecule has 2 aliphatic heterocycles. The predicted molar refractivity (Wildman–Crippen MR) is 84.1 cm³/mol. The van der Waals surface area contributed by atoms with Gasteiger partial charge in [0.1, 0.15) is 0 Å². The third-order valence-electron chi connectivity index (χ3n) is 4.90. The summed E-state index contributed by atoms with van der Waals surface area (Å²) >= 11 is 0. The molecule has 0 spiro atoms. The predicted octanol–water partition coefficient (Wildman–Crippen LogP) is 2.98. The molecule has 116 valence electrons. The lowest BCUT2D eigenvalue weighted by atomic mass is 9.89. The second-order valence-electron chi connectivity index (χ2n) is 7.35. The molecule has 0 aromatic rings. The summed E-state index contributed by atoms with van der Waals surface area (Å²) < 4.78 is 0. The van der Waals surface area contributed by atoms with E-state index >= 15 is 0 Å². The number of piperidine rings is 1. The lowest BCUT2D eigenvalue weighted by Crippen LogP contribution is -2.41. The number of hydrogen-bond donors (Lipinski definition) is 1. The molecule has 3 rings (SSSR count).